The van der Waals surface area contributed by atoms with E-state index in [1.807, 2.05) is 24.3 Å². The van der Waals surface area contributed by atoms with Gasteiger partial charge in [-0.1, -0.05) is 18.2 Å². The van der Waals surface area contributed by atoms with Crippen LogP contribution in [0.1, 0.15) is 24.4 Å². The van der Waals surface area contributed by atoms with Crippen LogP contribution in [0.4, 0.5) is 0 Å². The van der Waals surface area contributed by atoms with Gasteiger partial charge in [0.1, 0.15) is 0 Å². The number of esters is 1. The highest BCUT2D eigenvalue weighted by Crippen LogP contribution is 2.38. The van der Waals surface area contributed by atoms with Gasteiger partial charge in [-0.25, -0.2) is 9.48 Å². The van der Waals surface area contributed by atoms with Crippen LogP contribution in [0.2, 0.25) is 0 Å². The van der Waals surface area contributed by atoms with Crippen LogP contribution in [0.5, 0.6) is 0 Å². The topological polar surface area (TPSA) is 66.1 Å². The second-order valence-electron chi connectivity index (χ2n) is 5.25. The zero-order chi connectivity index (χ0) is 15.7. The molecule has 3 rings (SSSR count). The van der Waals surface area contributed by atoms with Crippen LogP contribution in [0.25, 0.3) is 0 Å². The molecule has 1 saturated carbocycles. The number of rotatable bonds is 5. The third kappa shape index (κ3) is 2.94. The van der Waals surface area contributed by atoms with Crippen molar-refractivity contribution >= 4 is 17.7 Å². The molecule has 0 radical (unpaired) electrons. The first-order valence-electron chi connectivity index (χ1n) is 7.08. The maximum atomic E-state index is 12.1. The standard InChI is InChI=1S/C15H17N3O3S/c1-17-15(20)18(11-7-8-11)14(16-17)22-12-6-4-3-5-10(12)9-13(19)21-2/h3-6,11H,7-9H2,1-2H3. The first-order valence-corrected chi connectivity index (χ1v) is 7.90. The molecule has 0 bridgehead atoms. The summed E-state index contributed by atoms with van der Waals surface area (Å²) in [5.41, 5.74) is 0.787. The van der Waals surface area contributed by atoms with E-state index in [2.05, 4.69) is 5.10 Å². The van der Waals surface area contributed by atoms with Gasteiger partial charge in [-0.15, -0.1) is 5.10 Å². The lowest BCUT2D eigenvalue weighted by molar-refractivity contribution is -0.139. The van der Waals surface area contributed by atoms with E-state index in [-0.39, 0.29) is 24.1 Å². The Morgan fingerprint density at radius 2 is 2.14 bits per heavy atom. The zero-order valence-electron chi connectivity index (χ0n) is 12.5. The van der Waals surface area contributed by atoms with Gasteiger partial charge in [-0.05, 0) is 36.2 Å². The van der Waals surface area contributed by atoms with E-state index in [4.69, 9.17) is 4.74 Å². The highest BCUT2D eigenvalue weighted by atomic mass is 32.2. The third-order valence-corrected chi connectivity index (χ3v) is 4.65. The van der Waals surface area contributed by atoms with Crippen LogP contribution in [0.3, 0.4) is 0 Å². The number of nitrogens with zero attached hydrogens (tertiary/aromatic N) is 3. The molecular formula is C15H17N3O3S. The van der Waals surface area contributed by atoms with Crippen LogP contribution in [0.15, 0.2) is 39.1 Å². The van der Waals surface area contributed by atoms with Crippen molar-refractivity contribution in [1.82, 2.24) is 14.3 Å². The fourth-order valence-electron chi connectivity index (χ4n) is 2.25. The molecule has 22 heavy (non-hydrogen) atoms. The summed E-state index contributed by atoms with van der Waals surface area (Å²) in [6.07, 6.45) is 2.24. The lowest BCUT2D eigenvalue weighted by Gasteiger charge is -2.08. The van der Waals surface area contributed by atoms with Crippen molar-refractivity contribution < 1.29 is 9.53 Å². The highest BCUT2D eigenvalue weighted by molar-refractivity contribution is 7.99. The molecule has 1 aliphatic carbocycles. The third-order valence-electron chi connectivity index (χ3n) is 3.57. The summed E-state index contributed by atoms with van der Waals surface area (Å²) in [5.74, 6) is -0.284. The summed E-state index contributed by atoms with van der Waals surface area (Å²) in [7, 11) is 3.03. The number of carbonyl (C=O) groups excluding carboxylic acids is 1. The average molecular weight is 319 g/mol. The molecule has 6 nitrogen and oxygen atoms in total. The van der Waals surface area contributed by atoms with Crippen molar-refractivity contribution in [3.63, 3.8) is 0 Å². The first kappa shape index (κ1) is 14.9. The van der Waals surface area contributed by atoms with E-state index < -0.39 is 0 Å². The van der Waals surface area contributed by atoms with Crippen LogP contribution in [-0.4, -0.2) is 27.4 Å². The van der Waals surface area contributed by atoms with E-state index >= 15 is 0 Å². The minimum Gasteiger partial charge on any atom is -0.469 e. The molecule has 1 heterocycles. The monoisotopic (exact) mass is 319 g/mol. The Kier molecular flexibility index (Phi) is 4.06. The summed E-state index contributed by atoms with van der Waals surface area (Å²) in [6, 6.07) is 7.87. The minimum absolute atomic E-state index is 0.0875. The van der Waals surface area contributed by atoms with Gasteiger partial charge in [0.2, 0.25) is 0 Å². The Hall–Kier alpha value is -2.02. The summed E-state index contributed by atoms with van der Waals surface area (Å²) >= 11 is 1.42. The van der Waals surface area contributed by atoms with E-state index in [0.29, 0.717) is 5.16 Å². The van der Waals surface area contributed by atoms with Crippen molar-refractivity contribution in [2.45, 2.75) is 35.4 Å². The van der Waals surface area contributed by atoms with Gasteiger partial charge in [0, 0.05) is 18.0 Å². The Bertz CT molecular complexity index is 762. The molecule has 0 amide bonds. The summed E-state index contributed by atoms with van der Waals surface area (Å²) < 4.78 is 7.85. The van der Waals surface area contributed by atoms with E-state index in [1.54, 1.807) is 11.6 Å². The summed E-state index contributed by atoms with van der Waals surface area (Å²) in [5, 5.41) is 4.99. The fraction of sp³-hybridized carbons (Fsp3) is 0.400. The van der Waals surface area contributed by atoms with Gasteiger partial charge in [-0.3, -0.25) is 9.36 Å². The molecule has 0 atom stereocenters. The largest absolute Gasteiger partial charge is 0.469 e. The number of methoxy groups -OCH3 is 1. The lowest BCUT2D eigenvalue weighted by Crippen LogP contribution is -2.22. The smallest absolute Gasteiger partial charge is 0.346 e. The minimum atomic E-state index is -0.284. The molecule has 0 aliphatic heterocycles. The highest BCUT2D eigenvalue weighted by Gasteiger charge is 2.30. The van der Waals surface area contributed by atoms with Gasteiger partial charge in [-0.2, -0.15) is 0 Å². The molecule has 2 aromatic rings. The number of carbonyl (C=O) groups is 1. The average Bonchev–Trinajstić information content (AvgIpc) is 3.29. The molecule has 0 saturated heterocycles. The second kappa shape index (κ2) is 6.00. The normalized spacial score (nSPS) is 14.1. The first-order chi connectivity index (χ1) is 10.6. The van der Waals surface area contributed by atoms with Gasteiger partial charge >= 0.3 is 11.7 Å². The number of benzene rings is 1. The molecule has 0 unspecified atom stereocenters. The number of hydrogen-bond donors (Lipinski definition) is 0. The van der Waals surface area contributed by atoms with Crippen LogP contribution >= 0.6 is 11.8 Å². The van der Waals surface area contributed by atoms with Crippen molar-refractivity contribution in [2.75, 3.05) is 7.11 Å². The molecule has 1 aliphatic rings. The molecule has 0 N–H and O–H groups in total. The van der Waals surface area contributed by atoms with E-state index in [9.17, 15) is 9.59 Å². The Morgan fingerprint density at radius 3 is 2.82 bits per heavy atom. The number of aromatic nitrogens is 3. The lowest BCUT2D eigenvalue weighted by atomic mass is 10.1. The van der Waals surface area contributed by atoms with Crippen LogP contribution in [0, 0.1) is 0 Å². The number of hydrogen-bond acceptors (Lipinski definition) is 5. The Balaban J connectivity index is 1.92. The Morgan fingerprint density at radius 1 is 1.41 bits per heavy atom. The predicted octanol–water partition coefficient (Wildman–Crippen LogP) is 1.78. The van der Waals surface area contributed by atoms with Crippen molar-refractivity contribution in [1.29, 1.82) is 0 Å². The molecule has 1 aromatic heterocycles. The summed E-state index contributed by atoms with van der Waals surface area (Å²) in [6.45, 7) is 0. The fourth-order valence-corrected chi connectivity index (χ4v) is 3.35. The molecule has 116 valence electrons. The molecule has 1 fully saturated rings. The zero-order valence-corrected chi connectivity index (χ0v) is 13.3. The van der Waals surface area contributed by atoms with Crippen LogP contribution < -0.4 is 5.69 Å². The molecule has 7 heteroatoms. The SMILES string of the molecule is COC(=O)Cc1ccccc1Sc1nn(C)c(=O)n1C1CC1. The van der Waals surface area contributed by atoms with Gasteiger partial charge in [0.15, 0.2) is 5.16 Å². The van der Waals surface area contributed by atoms with Crippen LogP contribution in [-0.2, 0) is 23.0 Å². The molecular weight excluding hydrogens is 302 g/mol. The van der Waals surface area contributed by atoms with Crippen molar-refractivity contribution in [3.8, 4) is 0 Å². The second-order valence-corrected chi connectivity index (χ2v) is 6.26. The molecule has 0 spiro atoms. The van der Waals surface area contributed by atoms with Gasteiger partial charge in [0.25, 0.3) is 0 Å². The van der Waals surface area contributed by atoms with Gasteiger partial charge < -0.3 is 4.74 Å². The van der Waals surface area contributed by atoms with E-state index in [0.717, 1.165) is 23.3 Å². The summed E-state index contributed by atoms with van der Waals surface area (Å²) in [4.78, 5) is 24.6. The predicted molar refractivity (Wildman–Crippen MR) is 82.0 cm³/mol. The van der Waals surface area contributed by atoms with Crippen molar-refractivity contribution in [3.05, 3.63) is 40.3 Å². The molecule has 1 aromatic carbocycles. The number of aryl methyl sites for hydroxylation is 1. The maximum Gasteiger partial charge on any atom is 0.346 e. The van der Waals surface area contributed by atoms with Gasteiger partial charge in [0.05, 0.1) is 13.5 Å². The number of ether oxygens (including phenoxy) is 1. The van der Waals surface area contributed by atoms with Crippen molar-refractivity contribution in [2.24, 2.45) is 7.05 Å². The maximum absolute atomic E-state index is 12.1. The quantitative estimate of drug-likeness (QED) is 0.786. The Labute approximate surface area is 132 Å². The van der Waals surface area contributed by atoms with E-state index in [1.165, 1.54) is 23.6 Å².